The van der Waals surface area contributed by atoms with Crippen molar-refractivity contribution in [3.8, 4) is 0 Å². The molecule has 0 aliphatic rings. The summed E-state index contributed by atoms with van der Waals surface area (Å²) in [6.07, 6.45) is 0.122. The van der Waals surface area contributed by atoms with Gasteiger partial charge in [0, 0.05) is 31.9 Å². The first kappa shape index (κ1) is 15.9. The number of nitrogens with one attached hydrogen (secondary N) is 1. The van der Waals surface area contributed by atoms with Crippen molar-refractivity contribution in [3.63, 3.8) is 0 Å². The van der Waals surface area contributed by atoms with Gasteiger partial charge in [-0.05, 0) is 7.05 Å². The molecule has 0 aliphatic heterocycles. The van der Waals surface area contributed by atoms with Gasteiger partial charge in [0.2, 0.25) is 0 Å². The van der Waals surface area contributed by atoms with Crippen molar-refractivity contribution in [3.05, 3.63) is 18.2 Å². The average molecular weight is 283 g/mol. The molecule has 4 nitrogen and oxygen atoms in total. The van der Waals surface area contributed by atoms with Crippen molar-refractivity contribution in [2.24, 2.45) is 7.05 Å². The van der Waals surface area contributed by atoms with Gasteiger partial charge in [-0.15, -0.1) is 0 Å². The number of ether oxygens (including phenoxy) is 1. The highest BCUT2D eigenvalue weighted by Gasteiger charge is 2.41. The summed E-state index contributed by atoms with van der Waals surface area (Å²) in [7, 11) is 3.45. The molecule has 0 radical (unpaired) electrons. The van der Waals surface area contributed by atoms with Crippen LogP contribution in [0.2, 0.25) is 0 Å². The van der Waals surface area contributed by atoms with E-state index in [0.717, 1.165) is 5.82 Å². The van der Waals surface area contributed by atoms with Gasteiger partial charge in [0.25, 0.3) is 0 Å². The molecule has 1 heterocycles. The summed E-state index contributed by atoms with van der Waals surface area (Å²) < 4.78 is 55.6. The third-order valence-corrected chi connectivity index (χ3v) is 2.69. The lowest BCUT2D eigenvalue weighted by molar-refractivity contribution is -0.166. The van der Waals surface area contributed by atoms with Gasteiger partial charge in [0.1, 0.15) is 12.4 Å². The van der Waals surface area contributed by atoms with Crippen LogP contribution >= 0.6 is 0 Å². The van der Waals surface area contributed by atoms with E-state index in [1.807, 2.05) is 0 Å². The molecule has 0 spiro atoms. The minimum atomic E-state index is -4.11. The van der Waals surface area contributed by atoms with Crippen LogP contribution in [0, 0.1) is 0 Å². The Balaban J connectivity index is 2.40. The zero-order valence-electron chi connectivity index (χ0n) is 10.7. The maximum Gasteiger partial charge on any atom is 0.330 e. The molecule has 0 saturated heterocycles. The third kappa shape index (κ3) is 4.79. The second-order valence-corrected chi connectivity index (χ2v) is 4.22. The van der Waals surface area contributed by atoms with Crippen molar-refractivity contribution >= 4 is 0 Å². The average Bonchev–Trinajstić information content (AvgIpc) is 2.73. The van der Waals surface area contributed by atoms with E-state index in [9.17, 15) is 17.6 Å². The number of imidazole rings is 1. The van der Waals surface area contributed by atoms with Crippen LogP contribution in [0.5, 0.6) is 0 Å². The lowest BCUT2D eigenvalue weighted by Crippen LogP contribution is -2.37. The molecule has 1 aromatic heterocycles. The summed E-state index contributed by atoms with van der Waals surface area (Å²) in [6.45, 7) is -1.38. The molecule has 8 heteroatoms. The fraction of sp³-hybridized carbons (Fsp3) is 0.727. The highest BCUT2D eigenvalue weighted by atomic mass is 19.3. The molecule has 1 atom stereocenters. The summed E-state index contributed by atoms with van der Waals surface area (Å²) in [5, 5.41) is 2.87. The summed E-state index contributed by atoms with van der Waals surface area (Å²) >= 11 is 0. The molecule has 0 aromatic carbocycles. The van der Waals surface area contributed by atoms with Gasteiger partial charge in [0.15, 0.2) is 0 Å². The van der Waals surface area contributed by atoms with Crippen LogP contribution in [0.4, 0.5) is 17.6 Å². The normalized spacial score (nSPS) is 14.1. The van der Waals surface area contributed by atoms with Crippen LogP contribution in [0.3, 0.4) is 0 Å². The molecule has 0 saturated carbocycles. The minimum absolute atomic E-state index is 0.0916. The van der Waals surface area contributed by atoms with E-state index >= 15 is 0 Å². The number of hydrogen-bond acceptors (Lipinski definition) is 3. The van der Waals surface area contributed by atoms with Crippen LogP contribution in [0.25, 0.3) is 0 Å². The topological polar surface area (TPSA) is 39.1 Å². The molecule has 0 aliphatic carbocycles. The van der Waals surface area contributed by atoms with Crippen molar-refractivity contribution in [1.82, 2.24) is 14.9 Å². The summed E-state index contributed by atoms with van der Waals surface area (Å²) in [5.74, 6) is -3.36. The Morgan fingerprint density at radius 2 is 2.16 bits per heavy atom. The van der Waals surface area contributed by atoms with Crippen molar-refractivity contribution < 1.29 is 22.3 Å². The van der Waals surface area contributed by atoms with Crippen molar-refractivity contribution in [1.29, 1.82) is 0 Å². The maximum absolute atomic E-state index is 12.6. The Morgan fingerprint density at radius 3 is 2.63 bits per heavy atom. The zero-order chi connectivity index (χ0) is 14.5. The Labute approximate surface area is 108 Å². The van der Waals surface area contributed by atoms with Gasteiger partial charge in [-0.2, -0.15) is 8.78 Å². The first-order valence-electron chi connectivity index (χ1n) is 5.74. The van der Waals surface area contributed by atoms with E-state index in [1.165, 1.54) is 0 Å². The van der Waals surface area contributed by atoms with Crippen LogP contribution in [0.1, 0.15) is 5.82 Å². The highest BCUT2D eigenvalue weighted by molar-refractivity contribution is 4.94. The van der Waals surface area contributed by atoms with E-state index < -0.39 is 19.0 Å². The van der Waals surface area contributed by atoms with Crippen molar-refractivity contribution in [2.45, 2.75) is 24.8 Å². The number of nitrogens with zero attached hydrogens (tertiary/aromatic N) is 2. The standard InChI is InChI=1S/C11H17F4N3O/c1-16-8(5-9-17-3-4-18(9)2)6-19-7-11(14,15)10(12)13/h3-4,8,10,16H,5-7H2,1-2H3. The Bertz CT molecular complexity index is 384. The second kappa shape index (κ2) is 6.85. The van der Waals surface area contributed by atoms with Crippen LogP contribution in [-0.4, -0.2) is 48.2 Å². The predicted octanol–water partition coefficient (Wildman–Crippen LogP) is 1.47. The Hall–Kier alpha value is -1.15. The lowest BCUT2D eigenvalue weighted by Gasteiger charge is -2.19. The van der Waals surface area contributed by atoms with E-state index in [4.69, 9.17) is 0 Å². The molecule has 0 amide bonds. The van der Waals surface area contributed by atoms with Gasteiger partial charge >= 0.3 is 12.3 Å². The van der Waals surface area contributed by atoms with Gasteiger partial charge in [-0.3, -0.25) is 0 Å². The fourth-order valence-corrected chi connectivity index (χ4v) is 1.46. The minimum Gasteiger partial charge on any atom is -0.373 e. The second-order valence-electron chi connectivity index (χ2n) is 4.22. The van der Waals surface area contributed by atoms with Crippen LogP contribution in [-0.2, 0) is 18.2 Å². The van der Waals surface area contributed by atoms with Gasteiger partial charge in [0.05, 0.1) is 6.61 Å². The van der Waals surface area contributed by atoms with Gasteiger partial charge in [-0.25, -0.2) is 13.8 Å². The molecule has 1 N–H and O–H groups in total. The molecule has 1 aromatic rings. The first-order chi connectivity index (χ1) is 8.86. The monoisotopic (exact) mass is 283 g/mol. The smallest absolute Gasteiger partial charge is 0.330 e. The summed E-state index contributed by atoms with van der Waals surface area (Å²) in [6, 6.07) is -0.269. The largest absolute Gasteiger partial charge is 0.373 e. The molecule has 0 fully saturated rings. The lowest BCUT2D eigenvalue weighted by atomic mass is 10.2. The molecule has 110 valence electrons. The van der Waals surface area contributed by atoms with E-state index in [0.29, 0.717) is 6.42 Å². The number of aryl methyl sites for hydroxylation is 1. The molecule has 1 unspecified atom stereocenters. The summed E-state index contributed by atoms with van der Waals surface area (Å²) in [5.41, 5.74) is 0. The van der Waals surface area contributed by atoms with E-state index in [-0.39, 0.29) is 12.6 Å². The number of hydrogen-bond donors (Lipinski definition) is 1. The SMILES string of the molecule is CNC(COCC(F)(F)C(F)F)Cc1nccn1C. The van der Waals surface area contributed by atoms with Gasteiger partial charge < -0.3 is 14.6 Å². The first-order valence-corrected chi connectivity index (χ1v) is 5.74. The number of alkyl halides is 4. The van der Waals surface area contributed by atoms with Gasteiger partial charge in [-0.1, -0.05) is 0 Å². The third-order valence-electron chi connectivity index (χ3n) is 2.69. The molecular weight excluding hydrogens is 266 g/mol. The van der Waals surface area contributed by atoms with Crippen LogP contribution < -0.4 is 5.32 Å². The van der Waals surface area contributed by atoms with Crippen LogP contribution in [0.15, 0.2) is 12.4 Å². The van der Waals surface area contributed by atoms with E-state index in [2.05, 4.69) is 15.0 Å². The number of likely N-dealkylation sites (N-methyl/N-ethyl adjacent to an activating group) is 1. The molecular formula is C11H17F4N3O. The maximum atomic E-state index is 12.6. The Kier molecular flexibility index (Phi) is 5.74. The quantitative estimate of drug-likeness (QED) is 0.734. The predicted molar refractivity (Wildman–Crippen MR) is 61.5 cm³/mol. The summed E-state index contributed by atoms with van der Waals surface area (Å²) in [4.78, 5) is 4.09. The Morgan fingerprint density at radius 1 is 1.47 bits per heavy atom. The molecule has 19 heavy (non-hydrogen) atoms. The van der Waals surface area contributed by atoms with E-state index in [1.54, 1.807) is 31.1 Å². The highest BCUT2D eigenvalue weighted by Crippen LogP contribution is 2.22. The molecule has 1 rings (SSSR count). The molecule has 0 bridgehead atoms. The number of rotatable bonds is 8. The van der Waals surface area contributed by atoms with Crippen molar-refractivity contribution in [2.75, 3.05) is 20.3 Å². The fourth-order valence-electron chi connectivity index (χ4n) is 1.46. The number of aromatic nitrogens is 2. The zero-order valence-corrected chi connectivity index (χ0v) is 10.7. The number of halogens is 4.